The highest BCUT2D eigenvalue weighted by molar-refractivity contribution is 6.21. The zero-order chi connectivity index (χ0) is 19.0. The van der Waals surface area contributed by atoms with Gasteiger partial charge in [-0.15, -0.1) is 0 Å². The van der Waals surface area contributed by atoms with Crippen molar-refractivity contribution in [2.75, 3.05) is 18.5 Å². The van der Waals surface area contributed by atoms with Gasteiger partial charge < -0.3 is 15.8 Å². The Hall–Kier alpha value is -3.19. The molecule has 7 heteroatoms. The largest absolute Gasteiger partial charge is 0.376 e. The Morgan fingerprint density at radius 2 is 1.78 bits per heavy atom. The molecule has 27 heavy (non-hydrogen) atoms. The van der Waals surface area contributed by atoms with Crippen LogP contribution in [0.4, 0.5) is 11.4 Å². The van der Waals surface area contributed by atoms with E-state index in [1.165, 1.54) is 4.90 Å². The lowest BCUT2D eigenvalue weighted by atomic mass is 10.1. The SMILES string of the molecule is NC(=O)c1ccc(Nc2ccc3c(c2)C(=O)N(CC2CCCO2)C3=O)cc1. The minimum absolute atomic E-state index is 0.0754. The van der Waals surface area contributed by atoms with Crippen molar-refractivity contribution < 1.29 is 19.1 Å². The van der Waals surface area contributed by atoms with E-state index >= 15 is 0 Å². The number of carbonyl (C=O) groups excluding carboxylic acids is 3. The highest BCUT2D eigenvalue weighted by atomic mass is 16.5. The minimum Gasteiger partial charge on any atom is -0.376 e. The molecule has 7 nitrogen and oxygen atoms in total. The summed E-state index contributed by atoms with van der Waals surface area (Å²) in [4.78, 5) is 37.6. The van der Waals surface area contributed by atoms with Crippen LogP contribution in [0, 0.1) is 0 Å². The molecule has 0 radical (unpaired) electrons. The van der Waals surface area contributed by atoms with Crippen LogP contribution >= 0.6 is 0 Å². The van der Waals surface area contributed by atoms with Crippen LogP contribution in [-0.4, -0.2) is 41.9 Å². The van der Waals surface area contributed by atoms with Crippen LogP contribution in [0.5, 0.6) is 0 Å². The number of hydrogen-bond donors (Lipinski definition) is 2. The van der Waals surface area contributed by atoms with Crippen LogP contribution < -0.4 is 11.1 Å². The van der Waals surface area contributed by atoms with E-state index in [9.17, 15) is 14.4 Å². The zero-order valence-corrected chi connectivity index (χ0v) is 14.6. The van der Waals surface area contributed by atoms with Crippen molar-refractivity contribution in [2.24, 2.45) is 5.73 Å². The average molecular weight is 365 g/mol. The lowest BCUT2D eigenvalue weighted by Crippen LogP contribution is -2.36. The van der Waals surface area contributed by atoms with E-state index in [1.54, 1.807) is 42.5 Å². The number of carbonyl (C=O) groups is 3. The fourth-order valence-electron chi connectivity index (χ4n) is 3.41. The predicted octanol–water partition coefficient (Wildman–Crippen LogP) is 2.30. The number of rotatable bonds is 5. The van der Waals surface area contributed by atoms with Gasteiger partial charge in [0.05, 0.1) is 23.8 Å². The molecule has 2 aromatic carbocycles. The standard InChI is InChI=1S/C20H19N3O4/c21-18(24)12-3-5-13(6-4-12)22-14-7-8-16-17(10-14)20(26)23(19(16)25)11-15-2-1-9-27-15/h3-8,10,15,22H,1-2,9,11H2,(H2,21,24). The Labute approximate surface area is 156 Å². The van der Waals surface area contributed by atoms with Crippen molar-refractivity contribution in [2.45, 2.75) is 18.9 Å². The van der Waals surface area contributed by atoms with E-state index in [1.807, 2.05) is 0 Å². The molecule has 3 amide bonds. The lowest BCUT2D eigenvalue weighted by molar-refractivity contribution is 0.0475. The number of imide groups is 1. The van der Waals surface area contributed by atoms with Crippen molar-refractivity contribution in [1.82, 2.24) is 4.90 Å². The number of primary amides is 1. The molecule has 0 aliphatic carbocycles. The molecule has 138 valence electrons. The second-order valence-corrected chi connectivity index (χ2v) is 6.68. The van der Waals surface area contributed by atoms with Gasteiger partial charge in [-0.3, -0.25) is 19.3 Å². The molecule has 1 fully saturated rings. The molecule has 3 N–H and O–H groups in total. The van der Waals surface area contributed by atoms with Gasteiger partial charge in [-0.05, 0) is 55.3 Å². The normalized spacial score (nSPS) is 18.7. The van der Waals surface area contributed by atoms with Gasteiger partial charge in [0.1, 0.15) is 0 Å². The molecule has 1 saturated heterocycles. The summed E-state index contributed by atoms with van der Waals surface area (Å²) in [6, 6.07) is 11.8. The molecule has 1 atom stereocenters. The predicted molar refractivity (Wildman–Crippen MR) is 99.0 cm³/mol. The maximum absolute atomic E-state index is 12.7. The second-order valence-electron chi connectivity index (χ2n) is 6.68. The van der Waals surface area contributed by atoms with Crippen molar-refractivity contribution in [3.05, 3.63) is 59.2 Å². The van der Waals surface area contributed by atoms with Crippen molar-refractivity contribution in [3.8, 4) is 0 Å². The van der Waals surface area contributed by atoms with Crippen LogP contribution in [0.25, 0.3) is 0 Å². The molecular weight excluding hydrogens is 346 g/mol. The first-order valence-corrected chi connectivity index (χ1v) is 8.81. The van der Waals surface area contributed by atoms with Crippen LogP contribution in [0.15, 0.2) is 42.5 Å². The van der Waals surface area contributed by atoms with Crippen molar-refractivity contribution in [3.63, 3.8) is 0 Å². The third-order valence-corrected chi connectivity index (χ3v) is 4.84. The van der Waals surface area contributed by atoms with E-state index in [2.05, 4.69) is 5.32 Å². The molecule has 2 aliphatic heterocycles. The average Bonchev–Trinajstić information content (AvgIpc) is 3.25. The highest BCUT2D eigenvalue weighted by Gasteiger charge is 2.37. The maximum Gasteiger partial charge on any atom is 0.261 e. The van der Waals surface area contributed by atoms with Gasteiger partial charge in [0, 0.05) is 23.5 Å². The Kier molecular flexibility index (Phi) is 4.37. The minimum atomic E-state index is -0.491. The maximum atomic E-state index is 12.7. The summed E-state index contributed by atoms with van der Waals surface area (Å²) >= 11 is 0. The summed E-state index contributed by atoms with van der Waals surface area (Å²) in [5.41, 5.74) is 7.87. The zero-order valence-electron chi connectivity index (χ0n) is 14.6. The second kappa shape index (κ2) is 6.85. The van der Waals surface area contributed by atoms with Gasteiger partial charge in [-0.1, -0.05) is 0 Å². The van der Waals surface area contributed by atoms with Crippen molar-refractivity contribution in [1.29, 1.82) is 0 Å². The monoisotopic (exact) mass is 365 g/mol. The molecule has 2 aliphatic rings. The van der Waals surface area contributed by atoms with Crippen LogP contribution in [0.1, 0.15) is 43.9 Å². The van der Waals surface area contributed by atoms with E-state index in [4.69, 9.17) is 10.5 Å². The molecule has 2 aromatic rings. The summed E-state index contributed by atoms with van der Waals surface area (Å²) in [5, 5.41) is 3.16. The van der Waals surface area contributed by atoms with Gasteiger partial charge in [0.15, 0.2) is 0 Å². The summed E-state index contributed by atoms with van der Waals surface area (Å²) in [5.74, 6) is -1.06. The Morgan fingerprint density at radius 3 is 2.44 bits per heavy atom. The summed E-state index contributed by atoms with van der Waals surface area (Å²) < 4.78 is 5.55. The van der Waals surface area contributed by atoms with E-state index < -0.39 is 5.91 Å². The Balaban J connectivity index is 1.52. The van der Waals surface area contributed by atoms with Gasteiger partial charge in [0.25, 0.3) is 11.8 Å². The summed E-state index contributed by atoms with van der Waals surface area (Å²) in [7, 11) is 0. The number of fused-ring (bicyclic) bond motifs is 1. The van der Waals surface area contributed by atoms with E-state index in [-0.39, 0.29) is 17.9 Å². The highest BCUT2D eigenvalue weighted by Crippen LogP contribution is 2.28. The fourth-order valence-corrected chi connectivity index (χ4v) is 3.41. The molecular formula is C20H19N3O4. The summed E-state index contributed by atoms with van der Waals surface area (Å²) in [6.45, 7) is 0.972. The van der Waals surface area contributed by atoms with Gasteiger partial charge in [-0.25, -0.2) is 0 Å². The van der Waals surface area contributed by atoms with Crippen LogP contribution in [0.3, 0.4) is 0 Å². The number of ether oxygens (including phenoxy) is 1. The molecule has 0 bridgehead atoms. The third-order valence-electron chi connectivity index (χ3n) is 4.84. The Bertz CT molecular complexity index is 917. The molecule has 1 unspecified atom stereocenters. The molecule has 0 saturated carbocycles. The van der Waals surface area contributed by atoms with Gasteiger partial charge in [-0.2, -0.15) is 0 Å². The fraction of sp³-hybridized carbons (Fsp3) is 0.250. The number of benzene rings is 2. The third kappa shape index (κ3) is 3.29. The number of amides is 3. The van der Waals surface area contributed by atoms with Crippen LogP contribution in [0.2, 0.25) is 0 Å². The van der Waals surface area contributed by atoms with Gasteiger partial charge >= 0.3 is 0 Å². The first kappa shape index (κ1) is 17.2. The van der Waals surface area contributed by atoms with Crippen molar-refractivity contribution >= 4 is 29.1 Å². The number of nitrogens with zero attached hydrogens (tertiary/aromatic N) is 1. The first-order chi connectivity index (χ1) is 13.0. The van der Waals surface area contributed by atoms with Gasteiger partial charge in [0.2, 0.25) is 5.91 Å². The number of nitrogens with one attached hydrogen (secondary N) is 1. The first-order valence-electron chi connectivity index (χ1n) is 8.81. The van der Waals surface area contributed by atoms with Crippen LogP contribution in [-0.2, 0) is 4.74 Å². The molecule has 4 rings (SSSR count). The Morgan fingerprint density at radius 1 is 1.07 bits per heavy atom. The number of anilines is 2. The summed E-state index contributed by atoms with van der Waals surface area (Å²) in [6.07, 6.45) is 1.74. The molecule has 0 spiro atoms. The smallest absolute Gasteiger partial charge is 0.261 e. The lowest BCUT2D eigenvalue weighted by Gasteiger charge is -2.17. The van der Waals surface area contributed by atoms with E-state index in [0.29, 0.717) is 35.5 Å². The molecule has 2 heterocycles. The molecule has 0 aromatic heterocycles. The number of nitrogens with two attached hydrogens (primary N) is 1. The number of hydrogen-bond acceptors (Lipinski definition) is 5. The van der Waals surface area contributed by atoms with E-state index in [0.717, 1.165) is 18.5 Å². The topological polar surface area (TPSA) is 102 Å². The quantitative estimate of drug-likeness (QED) is 0.792.